The zero-order valence-corrected chi connectivity index (χ0v) is 14.6. The monoisotopic (exact) mass is 437 g/mol. The molecular weight excluding hydrogens is 430 g/mol. The van der Waals surface area contributed by atoms with Crippen molar-refractivity contribution in [1.82, 2.24) is 5.43 Å². The number of hydrogen-bond donors (Lipinski definition) is 2. The summed E-state index contributed by atoms with van der Waals surface area (Å²) < 4.78 is 1.26. The summed E-state index contributed by atoms with van der Waals surface area (Å²) in [5.41, 5.74) is 11.9. The van der Waals surface area contributed by atoms with Gasteiger partial charge in [-0.25, -0.2) is 5.43 Å². The minimum atomic E-state index is -0.428. The van der Waals surface area contributed by atoms with E-state index >= 15 is 0 Å². The molecule has 0 bridgehead atoms. The molecule has 116 valence electrons. The number of phenols is 1. The first-order valence-electron chi connectivity index (χ1n) is 6.18. The number of carbonyl (C=O) groups excluding carboxylic acids is 1. The predicted molar refractivity (Wildman–Crippen MR) is 93.8 cm³/mol. The number of hydrazone groups is 1. The lowest BCUT2D eigenvalue weighted by atomic mass is 10.2. The molecule has 0 saturated heterocycles. The highest BCUT2D eigenvalue weighted by atomic mass is 79.9. The highest BCUT2D eigenvalue weighted by molar-refractivity contribution is 9.11. The molecule has 1 amide bonds. The number of amides is 1. The first kappa shape index (κ1) is 17.0. The number of benzene rings is 2. The predicted octanol–water partition coefficient (Wildman–Crippen LogP) is 4.62. The Hall–Kier alpha value is -2.35. The van der Waals surface area contributed by atoms with Crippen molar-refractivity contribution in [3.63, 3.8) is 0 Å². The molecule has 0 aliphatic carbocycles. The van der Waals surface area contributed by atoms with Crippen LogP contribution in [0, 0.1) is 0 Å². The molecule has 0 saturated carbocycles. The Morgan fingerprint density at radius 2 is 1.96 bits per heavy atom. The molecule has 2 aromatic carbocycles. The maximum Gasteiger partial charge on any atom is 0.271 e. The van der Waals surface area contributed by atoms with Gasteiger partial charge in [0.2, 0.25) is 0 Å². The molecule has 2 N–H and O–H groups in total. The zero-order valence-electron chi connectivity index (χ0n) is 11.4. The molecule has 0 unspecified atom stereocenters. The number of hydrogen-bond acceptors (Lipinski definition) is 4. The molecule has 0 aliphatic rings. The van der Waals surface area contributed by atoms with Crippen LogP contribution >= 0.6 is 31.9 Å². The second-order valence-electron chi connectivity index (χ2n) is 4.26. The van der Waals surface area contributed by atoms with Gasteiger partial charge < -0.3 is 5.11 Å². The smallest absolute Gasteiger partial charge is 0.271 e. The lowest BCUT2D eigenvalue weighted by Gasteiger charge is -2.03. The van der Waals surface area contributed by atoms with Gasteiger partial charge in [-0.2, -0.15) is 5.10 Å². The average molecular weight is 439 g/mol. The van der Waals surface area contributed by atoms with Crippen LogP contribution in [0.25, 0.3) is 10.4 Å². The summed E-state index contributed by atoms with van der Waals surface area (Å²) in [7, 11) is 0. The van der Waals surface area contributed by atoms with E-state index in [-0.39, 0.29) is 5.75 Å². The number of nitrogens with zero attached hydrogens (tertiary/aromatic N) is 4. The number of halogens is 2. The Labute approximate surface area is 147 Å². The number of phenolic OH excluding ortho intramolecular Hbond substituents is 1. The van der Waals surface area contributed by atoms with Crippen LogP contribution in [0.5, 0.6) is 5.75 Å². The molecule has 0 heterocycles. The van der Waals surface area contributed by atoms with Gasteiger partial charge in [0.1, 0.15) is 5.75 Å². The van der Waals surface area contributed by atoms with Gasteiger partial charge in [-0.3, -0.25) is 4.79 Å². The van der Waals surface area contributed by atoms with Crippen LogP contribution in [0.15, 0.2) is 55.6 Å². The fourth-order valence-electron chi connectivity index (χ4n) is 1.64. The summed E-state index contributed by atoms with van der Waals surface area (Å²) in [6.07, 6.45) is 1.33. The third-order valence-corrected chi connectivity index (χ3v) is 3.78. The van der Waals surface area contributed by atoms with Crippen molar-refractivity contribution in [3.05, 3.63) is 66.9 Å². The molecule has 0 atom stereocenters. The van der Waals surface area contributed by atoms with Gasteiger partial charge in [0.25, 0.3) is 5.91 Å². The lowest BCUT2D eigenvalue weighted by Crippen LogP contribution is -2.17. The van der Waals surface area contributed by atoms with Gasteiger partial charge in [-0.15, -0.1) is 0 Å². The van der Waals surface area contributed by atoms with E-state index < -0.39 is 5.91 Å². The quantitative estimate of drug-likeness (QED) is 0.238. The third-order valence-electron chi connectivity index (χ3n) is 2.72. The third kappa shape index (κ3) is 4.56. The van der Waals surface area contributed by atoms with E-state index in [2.05, 4.69) is 52.4 Å². The summed E-state index contributed by atoms with van der Waals surface area (Å²) in [5, 5.41) is 17.1. The second-order valence-corrected chi connectivity index (χ2v) is 6.03. The molecule has 23 heavy (non-hydrogen) atoms. The number of carbonyl (C=O) groups is 1. The standard InChI is InChI=1S/C14H9Br2N5O2/c15-10-5-9(13(22)12(16)6-10)7-18-20-14(23)8-1-3-11(4-2-8)19-21-17/h1-7,22H,(H,20,23)/b18-7+. The minimum absolute atomic E-state index is 0.0184. The normalized spacial score (nSPS) is 10.3. The fraction of sp³-hybridized carbons (Fsp3) is 0. The van der Waals surface area contributed by atoms with E-state index in [9.17, 15) is 9.90 Å². The Kier molecular flexibility index (Phi) is 5.75. The van der Waals surface area contributed by atoms with Crippen LogP contribution in [-0.2, 0) is 0 Å². The van der Waals surface area contributed by atoms with E-state index in [1.807, 2.05) is 0 Å². The molecule has 0 fully saturated rings. The minimum Gasteiger partial charge on any atom is -0.506 e. The van der Waals surface area contributed by atoms with Gasteiger partial charge in [0.05, 0.1) is 10.7 Å². The van der Waals surface area contributed by atoms with Crippen molar-refractivity contribution in [2.75, 3.05) is 0 Å². The van der Waals surface area contributed by atoms with E-state index in [1.54, 1.807) is 12.1 Å². The second kappa shape index (κ2) is 7.77. The fourth-order valence-corrected chi connectivity index (χ4v) is 2.90. The average Bonchev–Trinajstić information content (AvgIpc) is 2.53. The maximum absolute atomic E-state index is 11.9. The molecule has 0 radical (unpaired) electrons. The van der Waals surface area contributed by atoms with Gasteiger partial charge in [0, 0.05) is 26.2 Å². The van der Waals surface area contributed by atoms with E-state index in [0.717, 1.165) is 4.47 Å². The number of azide groups is 1. The summed E-state index contributed by atoms with van der Waals surface area (Å²) >= 11 is 6.51. The summed E-state index contributed by atoms with van der Waals surface area (Å²) in [4.78, 5) is 14.6. The molecule has 0 aliphatic heterocycles. The van der Waals surface area contributed by atoms with E-state index in [0.29, 0.717) is 21.3 Å². The summed E-state index contributed by atoms with van der Waals surface area (Å²) in [5.74, 6) is -0.410. The molecule has 9 heteroatoms. The molecule has 2 aromatic rings. The van der Waals surface area contributed by atoms with Crippen LogP contribution in [0.2, 0.25) is 0 Å². The highest BCUT2D eigenvalue weighted by Crippen LogP contribution is 2.30. The molecule has 0 aromatic heterocycles. The lowest BCUT2D eigenvalue weighted by molar-refractivity contribution is 0.0955. The van der Waals surface area contributed by atoms with Crippen molar-refractivity contribution < 1.29 is 9.90 Å². The first-order chi connectivity index (χ1) is 11.0. The Morgan fingerprint density at radius 3 is 2.61 bits per heavy atom. The van der Waals surface area contributed by atoms with Gasteiger partial charge in [0.15, 0.2) is 0 Å². The molecule has 2 rings (SSSR count). The number of nitrogens with one attached hydrogen (secondary N) is 1. The van der Waals surface area contributed by atoms with Crippen LogP contribution in [0.4, 0.5) is 5.69 Å². The molecule has 7 nitrogen and oxygen atoms in total. The van der Waals surface area contributed by atoms with Crippen LogP contribution in [-0.4, -0.2) is 17.2 Å². The topological polar surface area (TPSA) is 110 Å². The van der Waals surface area contributed by atoms with E-state index in [1.165, 1.54) is 30.5 Å². The van der Waals surface area contributed by atoms with E-state index in [4.69, 9.17) is 5.53 Å². The number of rotatable bonds is 4. The number of aromatic hydroxyl groups is 1. The van der Waals surface area contributed by atoms with Crippen molar-refractivity contribution in [3.8, 4) is 5.75 Å². The maximum atomic E-state index is 11.9. The highest BCUT2D eigenvalue weighted by Gasteiger charge is 2.06. The largest absolute Gasteiger partial charge is 0.506 e. The molecular formula is C14H9Br2N5O2. The van der Waals surface area contributed by atoms with Crippen LogP contribution < -0.4 is 5.43 Å². The molecule has 0 spiro atoms. The Morgan fingerprint density at radius 1 is 1.26 bits per heavy atom. The Balaban J connectivity index is 2.08. The zero-order chi connectivity index (χ0) is 16.8. The van der Waals surface area contributed by atoms with Crippen molar-refractivity contribution in [2.24, 2.45) is 10.2 Å². The van der Waals surface area contributed by atoms with Gasteiger partial charge in [-0.1, -0.05) is 33.2 Å². The van der Waals surface area contributed by atoms with Crippen LogP contribution in [0.3, 0.4) is 0 Å². The van der Waals surface area contributed by atoms with Crippen LogP contribution in [0.1, 0.15) is 15.9 Å². The summed E-state index contributed by atoms with van der Waals surface area (Å²) in [6, 6.07) is 9.43. The summed E-state index contributed by atoms with van der Waals surface area (Å²) in [6.45, 7) is 0. The van der Waals surface area contributed by atoms with Crippen molar-refractivity contribution in [1.29, 1.82) is 0 Å². The first-order valence-corrected chi connectivity index (χ1v) is 7.76. The van der Waals surface area contributed by atoms with Gasteiger partial charge >= 0.3 is 0 Å². The SMILES string of the molecule is [N-]=[N+]=Nc1ccc(C(=O)N/N=C/c2cc(Br)cc(Br)c2O)cc1. The van der Waals surface area contributed by atoms with Gasteiger partial charge in [-0.05, 0) is 45.7 Å². The van der Waals surface area contributed by atoms with Crippen molar-refractivity contribution in [2.45, 2.75) is 0 Å². The van der Waals surface area contributed by atoms with Crippen molar-refractivity contribution >= 4 is 49.7 Å². The Bertz CT molecular complexity index is 815.